The Balaban J connectivity index is 2.76. The molecule has 2 unspecified atom stereocenters. The van der Waals surface area contributed by atoms with Crippen LogP contribution < -0.4 is 5.32 Å². The van der Waals surface area contributed by atoms with Crippen LogP contribution in [0.1, 0.15) is 25.5 Å². The van der Waals surface area contributed by atoms with Crippen molar-refractivity contribution in [3.05, 3.63) is 20.8 Å². The van der Waals surface area contributed by atoms with E-state index in [9.17, 15) is 0 Å². The van der Waals surface area contributed by atoms with Crippen LogP contribution in [0.5, 0.6) is 0 Å². The molecule has 14 heavy (non-hydrogen) atoms. The average Bonchev–Trinajstić information content (AvgIpc) is 2.54. The molecule has 2 atom stereocenters. The minimum atomic E-state index is 0.191. The number of rotatable bonds is 5. The van der Waals surface area contributed by atoms with Gasteiger partial charge in [-0.2, -0.15) is 11.3 Å². The first kappa shape index (κ1) is 12.2. The van der Waals surface area contributed by atoms with Crippen LogP contribution in [0, 0.1) is 0 Å². The van der Waals surface area contributed by atoms with Crippen molar-refractivity contribution in [3.63, 3.8) is 0 Å². The topological polar surface area (TPSA) is 21.3 Å². The van der Waals surface area contributed by atoms with Crippen LogP contribution in [-0.2, 0) is 4.74 Å². The van der Waals surface area contributed by atoms with Crippen molar-refractivity contribution in [2.24, 2.45) is 0 Å². The Morgan fingerprint density at radius 3 is 2.71 bits per heavy atom. The van der Waals surface area contributed by atoms with Crippen molar-refractivity contribution in [1.82, 2.24) is 5.32 Å². The minimum absolute atomic E-state index is 0.191. The molecular formula is C10H16BrNOS. The minimum Gasteiger partial charge on any atom is -0.377 e. The van der Waals surface area contributed by atoms with E-state index < -0.39 is 0 Å². The van der Waals surface area contributed by atoms with Crippen LogP contribution in [0.4, 0.5) is 0 Å². The highest BCUT2D eigenvalue weighted by Gasteiger charge is 2.20. The summed E-state index contributed by atoms with van der Waals surface area (Å²) in [6, 6.07) is 0.260. The molecule has 0 saturated heterocycles. The molecule has 0 amide bonds. The van der Waals surface area contributed by atoms with Gasteiger partial charge in [-0.05, 0) is 47.8 Å². The lowest BCUT2D eigenvalue weighted by atomic mass is 10.1. The summed E-state index contributed by atoms with van der Waals surface area (Å²) >= 11 is 5.24. The fraction of sp³-hybridized carbons (Fsp3) is 0.600. The summed E-state index contributed by atoms with van der Waals surface area (Å²) in [6.45, 7) is 4.86. The van der Waals surface area contributed by atoms with Gasteiger partial charge in [-0.15, -0.1) is 0 Å². The van der Waals surface area contributed by atoms with Gasteiger partial charge >= 0.3 is 0 Å². The van der Waals surface area contributed by atoms with Crippen LogP contribution in [0.3, 0.4) is 0 Å². The maximum absolute atomic E-state index is 5.59. The van der Waals surface area contributed by atoms with Crippen molar-refractivity contribution >= 4 is 27.3 Å². The van der Waals surface area contributed by atoms with E-state index in [-0.39, 0.29) is 12.1 Å². The molecule has 0 aromatic carbocycles. The van der Waals surface area contributed by atoms with E-state index in [0.29, 0.717) is 0 Å². The van der Waals surface area contributed by atoms with E-state index in [0.717, 1.165) is 11.1 Å². The number of ether oxygens (including phenoxy) is 1. The van der Waals surface area contributed by atoms with Gasteiger partial charge in [0.05, 0.1) is 12.1 Å². The summed E-state index contributed by atoms with van der Waals surface area (Å²) in [7, 11) is 1.96. The average molecular weight is 278 g/mol. The van der Waals surface area contributed by atoms with Gasteiger partial charge in [-0.3, -0.25) is 0 Å². The summed E-state index contributed by atoms with van der Waals surface area (Å²) in [5.41, 5.74) is 1.28. The zero-order chi connectivity index (χ0) is 10.6. The first-order chi connectivity index (χ1) is 6.70. The Hall–Kier alpha value is 0.100. The van der Waals surface area contributed by atoms with Gasteiger partial charge in [0.1, 0.15) is 0 Å². The lowest BCUT2D eigenvalue weighted by Crippen LogP contribution is -2.29. The van der Waals surface area contributed by atoms with E-state index >= 15 is 0 Å². The molecule has 0 fully saturated rings. The number of halogens is 1. The van der Waals surface area contributed by atoms with Crippen LogP contribution >= 0.6 is 27.3 Å². The zero-order valence-electron chi connectivity index (χ0n) is 8.71. The fourth-order valence-electron chi connectivity index (χ4n) is 1.52. The molecule has 0 saturated carbocycles. The molecule has 0 bridgehead atoms. The van der Waals surface area contributed by atoms with Crippen LogP contribution in [0.15, 0.2) is 15.2 Å². The van der Waals surface area contributed by atoms with Gasteiger partial charge in [0.25, 0.3) is 0 Å². The Kier molecular flexibility index (Phi) is 5.09. The second kappa shape index (κ2) is 5.85. The number of thiophene rings is 1. The Morgan fingerprint density at radius 1 is 1.57 bits per heavy atom. The van der Waals surface area contributed by atoms with Crippen LogP contribution in [0.25, 0.3) is 0 Å². The number of likely N-dealkylation sites (N-methyl/N-ethyl adjacent to an activating group) is 1. The molecule has 1 aromatic rings. The first-order valence-corrected chi connectivity index (χ1v) is 6.44. The third-order valence-electron chi connectivity index (χ3n) is 2.19. The summed E-state index contributed by atoms with van der Waals surface area (Å²) in [5.74, 6) is 0. The zero-order valence-corrected chi connectivity index (χ0v) is 11.1. The van der Waals surface area contributed by atoms with Gasteiger partial charge in [-0.1, -0.05) is 0 Å². The number of hydrogen-bond acceptors (Lipinski definition) is 3. The van der Waals surface area contributed by atoms with E-state index in [1.807, 2.05) is 14.0 Å². The lowest BCUT2D eigenvalue weighted by molar-refractivity contribution is 0.0492. The van der Waals surface area contributed by atoms with Gasteiger partial charge in [0, 0.05) is 16.5 Å². The molecular weight excluding hydrogens is 262 g/mol. The van der Waals surface area contributed by atoms with Crippen molar-refractivity contribution < 1.29 is 4.74 Å². The predicted octanol–water partition coefficient (Wildman–Crippen LogP) is 3.20. The highest BCUT2D eigenvalue weighted by Crippen LogP contribution is 2.29. The molecule has 0 aliphatic heterocycles. The molecule has 0 aliphatic carbocycles. The van der Waals surface area contributed by atoms with Gasteiger partial charge in [0.15, 0.2) is 0 Å². The Morgan fingerprint density at radius 2 is 2.29 bits per heavy atom. The van der Waals surface area contributed by atoms with Crippen molar-refractivity contribution in [2.75, 3.05) is 13.7 Å². The predicted molar refractivity (Wildman–Crippen MR) is 64.9 cm³/mol. The molecule has 1 N–H and O–H groups in total. The maximum Gasteiger partial charge on any atom is 0.0742 e. The standard InChI is InChI=1S/C10H16BrNOS/c1-4-13-7(2)10(12-3)8-5-14-6-9(8)11/h5-7,10,12H,4H2,1-3H3. The monoisotopic (exact) mass is 277 g/mol. The number of hydrogen-bond donors (Lipinski definition) is 1. The Bertz CT molecular complexity index is 277. The third-order valence-corrected chi connectivity index (χ3v) is 3.94. The molecule has 1 rings (SSSR count). The second-order valence-electron chi connectivity index (χ2n) is 3.10. The van der Waals surface area contributed by atoms with Gasteiger partial charge in [0.2, 0.25) is 0 Å². The first-order valence-electron chi connectivity index (χ1n) is 4.71. The lowest BCUT2D eigenvalue weighted by Gasteiger charge is -2.23. The SMILES string of the molecule is CCOC(C)C(NC)c1cscc1Br. The highest BCUT2D eigenvalue weighted by atomic mass is 79.9. The molecule has 1 aromatic heterocycles. The smallest absolute Gasteiger partial charge is 0.0742 e. The molecule has 0 spiro atoms. The summed E-state index contributed by atoms with van der Waals surface area (Å²) in [4.78, 5) is 0. The molecule has 2 nitrogen and oxygen atoms in total. The fourth-order valence-corrected chi connectivity index (χ4v) is 3.10. The largest absolute Gasteiger partial charge is 0.377 e. The Labute approximate surface area is 97.8 Å². The van der Waals surface area contributed by atoms with Crippen LogP contribution in [0.2, 0.25) is 0 Å². The summed E-state index contributed by atoms with van der Waals surface area (Å²) in [6.07, 6.45) is 0.191. The second-order valence-corrected chi connectivity index (χ2v) is 4.70. The number of nitrogens with one attached hydrogen (secondary N) is 1. The van der Waals surface area contributed by atoms with E-state index in [4.69, 9.17) is 4.74 Å². The molecule has 0 aliphatic rings. The molecule has 1 heterocycles. The summed E-state index contributed by atoms with van der Waals surface area (Å²) < 4.78 is 6.76. The van der Waals surface area contributed by atoms with Gasteiger partial charge in [-0.25, -0.2) is 0 Å². The molecule has 80 valence electrons. The molecule has 4 heteroatoms. The van der Waals surface area contributed by atoms with E-state index in [1.165, 1.54) is 5.56 Å². The van der Waals surface area contributed by atoms with E-state index in [1.54, 1.807) is 11.3 Å². The van der Waals surface area contributed by atoms with Crippen LogP contribution in [-0.4, -0.2) is 19.8 Å². The van der Waals surface area contributed by atoms with Crippen molar-refractivity contribution in [2.45, 2.75) is 26.0 Å². The normalized spacial score (nSPS) is 15.4. The third kappa shape index (κ3) is 2.79. The maximum atomic E-state index is 5.59. The quantitative estimate of drug-likeness (QED) is 0.893. The van der Waals surface area contributed by atoms with E-state index in [2.05, 4.69) is 38.9 Å². The molecule has 0 radical (unpaired) electrons. The van der Waals surface area contributed by atoms with Crippen molar-refractivity contribution in [1.29, 1.82) is 0 Å². The van der Waals surface area contributed by atoms with Gasteiger partial charge < -0.3 is 10.1 Å². The summed E-state index contributed by atoms with van der Waals surface area (Å²) in [5, 5.41) is 7.53. The van der Waals surface area contributed by atoms with Crippen molar-refractivity contribution in [3.8, 4) is 0 Å². The highest BCUT2D eigenvalue weighted by molar-refractivity contribution is 9.10.